The number of benzene rings is 1. The monoisotopic (exact) mass is 314 g/mol. The molecule has 0 aliphatic heterocycles. The molecule has 1 aromatic carbocycles. The maximum Gasteiger partial charge on any atom is 0.335 e. The first-order valence-corrected chi connectivity index (χ1v) is 6.70. The second-order valence-corrected chi connectivity index (χ2v) is 5.78. The van der Waals surface area contributed by atoms with Crippen LogP contribution in [0.1, 0.15) is 24.2 Å². The summed E-state index contributed by atoms with van der Waals surface area (Å²) < 4.78 is 0. The Morgan fingerprint density at radius 2 is 2.00 bits per heavy atom. The lowest BCUT2D eigenvalue weighted by molar-refractivity contribution is -0.118. The van der Waals surface area contributed by atoms with Crippen molar-refractivity contribution in [1.82, 2.24) is 4.90 Å². The third-order valence-corrected chi connectivity index (χ3v) is 3.62. The molecular formula is C14H19ClN2O4. The van der Waals surface area contributed by atoms with Crippen LogP contribution in [0.25, 0.3) is 0 Å². The molecule has 0 aliphatic carbocycles. The lowest BCUT2D eigenvalue weighted by Gasteiger charge is -2.33. The van der Waals surface area contributed by atoms with Crippen LogP contribution in [0.5, 0.6) is 0 Å². The minimum Gasteiger partial charge on any atom is -0.478 e. The van der Waals surface area contributed by atoms with E-state index in [0.717, 1.165) is 0 Å². The van der Waals surface area contributed by atoms with Gasteiger partial charge in [-0.3, -0.25) is 9.69 Å². The van der Waals surface area contributed by atoms with Gasteiger partial charge in [0.25, 0.3) is 0 Å². The highest BCUT2D eigenvalue weighted by Gasteiger charge is 2.24. The number of amides is 1. The molecule has 7 heteroatoms. The Morgan fingerprint density at radius 3 is 2.52 bits per heavy atom. The molecule has 0 unspecified atom stereocenters. The molecular weight excluding hydrogens is 296 g/mol. The Kier molecular flexibility index (Phi) is 5.71. The molecule has 6 nitrogen and oxygen atoms in total. The van der Waals surface area contributed by atoms with Gasteiger partial charge in [0.15, 0.2) is 0 Å². The van der Waals surface area contributed by atoms with E-state index in [1.54, 1.807) is 25.8 Å². The SMILES string of the molecule is CN(CC(=O)Nc1cc(C(=O)O)ccc1Cl)C(C)(C)CO. The Bertz CT molecular complexity index is 546. The summed E-state index contributed by atoms with van der Waals surface area (Å²) in [5.74, 6) is -1.44. The number of carbonyl (C=O) groups is 2. The summed E-state index contributed by atoms with van der Waals surface area (Å²) in [6.45, 7) is 3.56. The number of aromatic carboxylic acids is 1. The molecule has 0 saturated heterocycles. The fourth-order valence-electron chi connectivity index (χ4n) is 1.49. The molecule has 0 spiro atoms. The average molecular weight is 315 g/mol. The number of aliphatic hydroxyl groups excluding tert-OH is 1. The minimum atomic E-state index is -1.10. The number of carboxylic acid groups (broad SMARTS) is 1. The number of anilines is 1. The summed E-state index contributed by atoms with van der Waals surface area (Å²) in [5.41, 5.74) is -0.250. The third-order valence-electron chi connectivity index (χ3n) is 3.29. The molecule has 21 heavy (non-hydrogen) atoms. The first-order valence-electron chi connectivity index (χ1n) is 6.32. The van der Waals surface area contributed by atoms with Gasteiger partial charge in [0, 0.05) is 5.54 Å². The van der Waals surface area contributed by atoms with Gasteiger partial charge < -0.3 is 15.5 Å². The smallest absolute Gasteiger partial charge is 0.335 e. The van der Waals surface area contributed by atoms with Crippen molar-refractivity contribution < 1.29 is 19.8 Å². The Balaban J connectivity index is 2.80. The van der Waals surface area contributed by atoms with Crippen LogP contribution < -0.4 is 5.32 Å². The van der Waals surface area contributed by atoms with Crippen LogP contribution in [0.15, 0.2) is 18.2 Å². The van der Waals surface area contributed by atoms with E-state index in [-0.39, 0.29) is 35.3 Å². The zero-order valence-corrected chi connectivity index (χ0v) is 12.9. The summed E-state index contributed by atoms with van der Waals surface area (Å²) in [5, 5.41) is 21.0. The second kappa shape index (κ2) is 6.89. The molecule has 3 N–H and O–H groups in total. The fraction of sp³-hybridized carbons (Fsp3) is 0.429. The number of rotatable bonds is 6. The van der Waals surface area contributed by atoms with E-state index in [1.807, 2.05) is 0 Å². The molecule has 0 atom stereocenters. The maximum absolute atomic E-state index is 12.0. The maximum atomic E-state index is 12.0. The van der Waals surface area contributed by atoms with Gasteiger partial charge in [-0.1, -0.05) is 11.6 Å². The number of carboxylic acids is 1. The summed E-state index contributed by atoms with van der Waals surface area (Å²) in [4.78, 5) is 24.6. The first kappa shape index (κ1) is 17.4. The molecule has 0 fully saturated rings. The van der Waals surface area contributed by atoms with Crippen molar-refractivity contribution in [2.24, 2.45) is 0 Å². The summed E-state index contributed by atoms with van der Waals surface area (Å²) in [7, 11) is 1.71. The molecule has 0 aliphatic rings. The molecule has 0 radical (unpaired) electrons. The highest BCUT2D eigenvalue weighted by atomic mass is 35.5. The molecule has 0 saturated carbocycles. The quantitative estimate of drug-likeness (QED) is 0.743. The molecule has 1 rings (SSSR count). The van der Waals surface area contributed by atoms with Crippen molar-refractivity contribution in [1.29, 1.82) is 0 Å². The third kappa shape index (κ3) is 4.70. The molecule has 116 valence electrons. The number of aliphatic hydroxyl groups is 1. The number of nitrogens with zero attached hydrogens (tertiary/aromatic N) is 1. The zero-order chi connectivity index (χ0) is 16.2. The summed E-state index contributed by atoms with van der Waals surface area (Å²) >= 11 is 5.94. The van der Waals surface area contributed by atoms with Gasteiger partial charge >= 0.3 is 5.97 Å². The zero-order valence-electron chi connectivity index (χ0n) is 12.2. The fourth-order valence-corrected chi connectivity index (χ4v) is 1.66. The number of hydrogen-bond acceptors (Lipinski definition) is 4. The van der Waals surface area contributed by atoms with Crippen LogP contribution >= 0.6 is 11.6 Å². The topological polar surface area (TPSA) is 89.9 Å². The van der Waals surface area contributed by atoms with Crippen LogP contribution in [0.4, 0.5) is 5.69 Å². The van der Waals surface area contributed by atoms with Crippen molar-refractivity contribution >= 4 is 29.2 Å². The number of likely N-dealkylation sites (N-methyl/N-ethyl adjacent to an activating group) is 1. The van der Waals surface area contributed by atoms with E-state index in [0.29, 0.717) is 0 Å². The predicted molar refractivity (Wildman–Crippen MR) is 80.8 cm³/mol. The first-order chi connectivity index (χ1) is 9.67. The van der Waals surface area contributed by atoms with Gasteiger partial charge in [-0.2, -0.15) is 0 Å². The largest absolute Gasteiger partial charge is 0.478 e. The number of carbonyl (C=O) groups excluding carboxylic acids is 1. The van der Waals surface area contributed by atoms with Crippen LogP contribution in [-0.4, -0.2) is 52.7 Å². The lowest BCUT2D eigenvalue weighted by atomic mass is 10.1. The summed E-state index contributed by atoms with van der Waals surface area (Å²) in [6, 6.07) is 4.09. The van der Waals surface area contributed by atoms with Crippen LogP contribution in [-0.2, 0) is 4.79 Å². The Morgan fingerprint density at radius 1 is 1.38 bits per heavy atom. The molecule has 1 amide bonds. The normalized spacial score (nSPS) is 11.5. The lowest BCUT2D eigenvalue weighted by Crippen LogP contribution is -2.47. The van der Waals surface area contributed by atoms with Gasteiger partial charge in [0.2, 0.25) is 5.91 Å². The minimum absolute atomic E-state index is 0.0405. The Labute approximate surface area is 128 Å². The van der Waals surface area contributed by atoms with Gasteiger partial charge in [-0.15, -0.1) is 0 Å². The average Bonchev–Trinajstić information content (AvgIpc) is 2.40. The molecule has 0 heterocycles. The van der Waals surface area contributed by atoms with E-state index < -0.39 is 11.5 Å². The highest BCUT2D eigenvalue weighted by molar-refractivity contribution is 6.33. The van der Waals surface area contributed by atoms with Crippen LogP contribution in [0, 0.1) is 0 Å². The predicted octanol–water partition coefficient (Wildman–Crippen LogP) is 1.68. The molecule has 0 aromatic heterocycles. The molecule has 1 aromatic rings. The van der Waals surface area contributed by atoms with Crippen LogP contribution in [0.3, 0.4) is 0 Å². The standard InChI is InChI=1S/C14H19ClN2O4/c1-14(2,8-18)17(3)7-12(19)16-11-6-9(13(20)21)4-5-10(11)15/h4-6,18H,7-8H2,1-3H3,(H,16,19)(H,20,21). The van der Waals surface area contributed by atoms with Crippen molar-refractivity contribution in [3.05, 3.63) is 28.8 Å². The van der Waals surface area contributed by atoms with Crippen molar-refractivity contribution in [2.75, 3.05) is 25.5 Å². The van der Waals surface area contributed by atoms with Gasteiger partial charge in [-0.25, -0.2) is 4.79 Å². The van der Waals surface area contributed by atoms with E-state index in [2.05, 4.69) is 5.32 Å². The van der Waals surface area contributed by atoms with E-state index >= 15 is 0 Å². The van der Waals surface area contributed by atoms with Gasteiger partial charge in [0.05, 0.1) is 29.4 Å². The van der Waals surface area contributed by atoms with Crippen molar-refractivity contribution in [2.45, 2.75) is 19.4 Å². The van der Waals surface area contributed by atoms with E-state index in [9.17, 15) is 14.7 Å². The Hall–Kier alpha value is -1.63. The second-order valence-electron chi connectivity index (χ2n) is 5.37. The van der Waals surface area contributed by atoms with Gasteiger partial charge in [0.1, 0.15) is 0 Å². The van der Waals surface area contributed by atoms with E-state index in [4.69, 9.17) is 16.7 Å². The van der Waals surface area contributed by atoms with Crippen LogP contribution in [0.2, 0.25) is 5.02 Å². The van der Waals surface area contributed by atoms with E-state index in [1.165, 1.54) is 18.2 Å². The highest BCUT2D eigenvalue weighted by Crippen LogP contribution is 2.23. The van der Waals surface area contributed by atoms with Crippen molar-refractivity contribution in [3.63, 3.8) is 0 Å². The number of hydrogen-bond donors (Lipinski definition) is 3. The number of nitrogens with one attached hydrogen (secondary N) is 1. The van der Waals surface area contributed by atoms with Crippen molar-refractivity contribution in [3.8, 4) is 0 Å². The molecule has 0 bridgehead atoms. The number of halogens is 1. The van der Waals surface area contributed by atoms with Gasteiger partial charge in [-0.05, 0) is 39.1 Å². The summed E-state index contributed by atoms with van der Waals surface area (Å²) in [6.07, 6.45) is 0.